The van der Waals surface area contributed by atoms with Crippen molar-refractivity contribution in [2.24, 2.45) is 0 Å². The Bertz CT molecular complexity index is 740. The van der Waals surface area contributed by atoms with Crippen LogP contribution in [0.2, 0.25) is 0 Å². The molecule has 0 fully saturated rings. The number of hydrogen-bond acceptors (Lipinski definition) is 5. The number of aliphatic carboxylic acids is 1. The molecule has 0 bridgehead atoms. The summed E-state index contributed by atoms with van der Waals surface area (Å²) in [7, 11) is -4.46. The average Bonchev–Trinajstić information content (AvgIpc) is 2.35. The number of carboxylic acid groups (broad SMARTS) is 1. The maximum atomic E-state index is 11.4. The van der Waals surface area contributed by atoms with Gasteiger partial charge in [-0.3, -0.25) is 4.55 Å². The van der Waals surface area contributed by atoms with Crippen molar-refractivity contribution in [1.29, 1.82) is 0 Å². The first-order chi connectivity index (χ1) is 10.7. The smallest absolute Gasteiger partial charge is 0.328 e. The summed E-state index contributed by atoms with van der Waals surface area (Å²) in [5, 5.41) is 8.69. The number of carbonyl (C=O) groups is 1. The number of carboxylic acids is 1. The van der Waals surface area contributed by atoms with Gasteiger partial charge >= 0.3 is 16.1 Å². The van der Waals surface area contributed by atoms with Crippen LogP contribution in [0.1, 0.15) is 40.2 Å². The normalized spacial score (nSPS) is 13.1. The van der Waals surface area contributed by atoms with Crippen LogP contribution in [0.4, 0.5) is 0 Å². The molecule has 0 aliphatic carbocycles. The topological polar surface area (TPSA) is 110 Å². The van der Waals surface area contributed by atoms with Crippen molar-refractivity contribution in [2.75, 3.05) is 0 Å². The number of benzene rings is 1. The van der Waals surface area contributed by atoms with Crippen molar-refractivity contribution in [3.63, 3.8) is 0 Å². The number of rotatable bonds is 6. The summed E-state index contributed by atoms with van der Waals surface area (Å²) in [5.74, 6) is -0.757. The molecular weight excluding hydrogens is 336 g/mol. The molecular formula is C16H22O7S. The van der Waals surface area contributed by atoms with Gasteiger partial charge in [-0.25, -0.2) is 4.79 Å². The van der Waals surface area contributed by atoms with Crippen molar-refractivity contribution in [2.45, 2.75) is 45.2 Å². The molecule has 2 N–H and O–H groups in total. The molecule has 0 amide bonds. The highest BCUT2D eigenvalue weighted by atomic mass is 32.2. The maximum Gasteiger partial charge on any atom is 0.328 e. The zero-order valence-corrected chi connectivity index (χ0v) is 15.0. The molecule has 0 aromatic heterocycles. The van der Waals surface area contributed by atoms with Crippen molar-refractivity contribution >= 4 is 22.2 Å². The van der Waals surface area contributed by atoms with E-state index in [9.17, 15) is 17.8 Å². The Hall–Kier alpha value is -2.06. The van der Waals surface area contributed by atoms with Crippen molar-refractivity contribution in [3.05, 3.63) is 29.8 Å². The fourth-order valence-electron chi connectivity index (χ4n) is 1.61. The van der Waals surface area contributed by atoms with E-state index >= 15 is 0 Å². The lowest BCUT2D eigenvalue weighted by Gasteiger charge is -2.27. The minimum Gasteiger partial charge on any atom is -0.484 e. The first-order valence-electron chi connectivity index (χ1n) is 7.11. The molecule has 8 heteroatoms. The van der Waals surface area contributed by atoms with Gasteiger partial charge < -0.3 is 14.6 Å². The zero-order chi connectivity index (χ0) is 18.8. The quantitative estimate of drug-likeness (QED) is 0.594. The Kier molecular flexibility index (Phi) is 5.68. The number of ether oxygens (including phenoxy) is 2. The van der Waals surface area contributed by atoms with Gasteiger partial charge in [0.05, 0.1) is 0 Å². The fourth-order valence-corrected chi connectivity index (χ4v) is 1.80. The van der Waals surface area contributed by atoms with Crippen molar-refractivity contribution in [3.8, 4) is 11.5 Å². The van der Waals surface area contributed by atoms with Gasteiger partial charge in [-0.2, -0.15) is 8.42 Å². The Morgan fingerprint density at radius 1 is 1.08 bits per heavy atom. The summed E-state index contributed by atoms with van der Waals surface area (Å²) in [6.45, 7) is 7.81. The van der Waals surface area contributed by atoms with E-state index in [1.807, 2.05) is 0 Å². The van der Waals surface area contributed by atoms with E-state index in [0.29, 0.717) is 5.56 Å². The number of hydrogen-bond donors (Lipinski definition) is 2. The standard InChI is InChI=1S/C16H22O7S/c1-15(2,3)22-13-10-11(7-9-14(17)18)6-8-12(13)23-16(4,5)24(19,20)21/h6-10H,1-5H3,(H,17,18)(H,19,20,21)/b9-7+. The first-order valence-corrected chi connectivity index (χ1v) is 8.55. The van der Waals surface area contributed by atoms with Gasteiger partial charge in [-0.15, -0.1) is 0 Å². The molecule has 1 aromatic rings. The molecule has 0 aliphatic heterocycles. The van der Waals surface area contributed by atoms with E-state index in [1.54, 1.807) is 26.8 Å². The van der Waals surface area contributed by atoms with Crippen LogP contribution in [0.3, 0.4) is 0 Å². The summed E-state index contributed by atoms with van der Waals surface area (Å²) in [6.07, 6.45) is 2.34. The highest BCUT2D eigenvalue weighted by Crippen LogP contribution is 2.35. The van der Waals surface area contributed by atoms with Gasteiger partial charge in [-0.1, -0.05) is 6.07 Å². The zero-order valence-electron chi connectivity index (χ0n) is 14.2. The second-order valence-corrected chi connectivity index (χ2v) is 8.50. The molecule has 1 aromatic carbocycles. The van der Waals surface area contributed by atoms with E-state index in [0.717, 1.165) is 6.08 Å². The van der Waals surface area contributed by atoms with Gasteiger partial charge in [0.1, 0.15) is 5.60 Å². The molecule has 0 atom stereocenters. The highest BCUT2D eigenvalue weighted by Gasteiger charge is 2.36. The lowest BCUT2D eigenvalue weighted by molar-refractivity contribution is -0.131. The summed E-state index contributed by atoms with van der Waals surface area (Å²) >= 11 is 0. The Morgan fingerprint density at radius 3 is 2.12 bits per heavy atom. The monoisotopic (exact) mass is 358 g/mol. The van der Waals surface area contributed by atoms with E-state index in [4.69, 9.17) is 14.6 Å². The molecule has 0 unspecified atom stereocenters. The maximum absolute atomic E-state index is 11.4. The predicted molar refractivity (Wildman–Crippen MR) is 89.7 cm³/mol. The van der Waals surface area contributed by atoms with Crippen molar-refractivity contribution in [1.82, 2.24) is 0 Å². The molecule has 7 nitrogen and oxygen atoms in total. The Morgan fingerprint density at radius 2 is 1.67 bits per heavy atom. The second kappa shape index (κ2) is 6.82. The lowest BCUT2D eigenvalue weighted by atomic mass is 10.1. The molecule has 0 spiro atoms. The van der Waals surface area contributed by atoms with Gasteiger partial charge in [0, 0.05) is 6.08 Å². The molecule has 1 rings (SSSR count). The minimum absolute atomic E-state index is 0.111. The van der Waals surface area contributed by atoms with Gasteiger partial charge in [0.2, 0.25) is 4.93 Å². The van der Waals surface area contributed by atoms with Crippen LogP contribution >= 0.6 is 0 Å². The molecule has 0 aliphatic rings. The summed E-state index contributed by atoms with van der Waals surface area (Å²) in [6, 6.07) is 4.53. The molecule has 0 saturated carbocycles. The van der Waals surface area contributed by atoms with Crippen LogP contribution in [-0.4, -0.2) is 34.6 Å². The van der Waals surface area contributed by atoms with E-state index in [-0.39, 0.29) is 11.5 Å². The van der Waals surface area contributed by atoms with Crippen LogP contribution in [0, 0.1) is 0 Å². The Labute approximate surface area is 141 Å². The van der Waals surface area contributed by atoms with Gasteiger partial charge in [-0.05, 0) is 58.4 Å². The van der Waals surface area contributed by atoms with E-state index in [1.165, 1.54) is 32.1 Å². The third kappa shape index (κ3) is 5.86. The summed E-state index contributed by atoms with van der Waals surface area (Å²) < 4.78 is 43.3. The SMILES string of the molecule is CC(C)(C)Oc1cc(/C=C/C(=O)O)ccc1OC(C)(C)S(=O)(=O)O. The highest BCUT2D eigenvalue weighted by molar-refractivity contribution is 7.87. The predicted octanol–water partition coefficient (Wildman–Crippen LogP) is 2.96. The molecule has 134 valence electrons. The summed E-state index contributed by atoms with van der Waals surface area (Å²) in [5.41, 5.74) is -0.0659. The van der Waals surface area contributed by atoms with Crippen LogP contribution in [-0.2, 0) is 14.9 Å². The average molecular weight is 358 g/mol. The Balaban J connectivity index is 3.31. The third-order valence-electron chi connectivity index (χ3n) is 2.78. The van der Waals surface area contributed by atoms with Gasteiger partial charge in [0.15, 0.2) is 11.5 Å². The largest absolute Gasteiger partial charge is 0.484 e. The lowest BCUT2D eigenvalue weighted by Crippen LogP contribution is -2.38. The second-order valence-electron chi connectivity index (χ2n) is 6.57. The summed E-state index contributed by atoms with van der Waals surface area (Å²) in [4.78, 5) is 8.74. The molecule has 0 saturated heterocycles. The first kappa shape index (κ1) is 20.0. The van der Waals surface area contributed by atoms with Crippen LogP contribution in [0.25, 0.3) is 6.08 Å². The van der Waals surface area contributed by atoms with E-state index < -0.39 is 26.6 Å². The molecule has 0 radical (unpaired) electrons. The van der Waals surface area contributed by atoms with Crippen molar-refractivity contribution < 1.29 is 32.3 Å². The van der Waals surface area contributed by atoms with Crippen LogP contribution < -0.4 is 9.47 Å². The third-order valence-corrected chi connectivity index (χ3v) is 4.11. The minimum atomic E-state index is -4.46. The molecule has 24 heavy (non-hydrogen) atoms. The van der Waals surface area contributed by atoms with Crippen LogP contribution in [0.15, 0.2) is 24.3 Å². The van der Waals surface area contributed by atoms with E-state index in [2.05, 4.69) is 0 Å². The fraction of sp³-hybridized carbons (Fsp3) is 0.438. The molecule has 0 heterocycles. The van der Waals surface area contributed by atoms with Crippen LogP contribution in [0.5, 0.6) is 11.5 Å². The van der Waals surface area contributed by atoms with Gasteiger partial charge in [0.25, 0.3) is 0 Å².